The largest absolute Gasteiger partial charge is 0.367 e. The Bertz CT molecular complexity index is 1000. The summed E-state index contributed by atoms with van der Waals surface area (Å²) in [6.45, 7) is 8.06. The summed E-state index contributed by atoms with van der Waals surface area (Å²) in [7, 11) is 0. The molecule has 0 radical (unpaired) electrons. The van der Waals surface area contributed by atoms with Crippen molar-refractivity contribution >= 4 is 22.9 Å². The summed E-state index contributed by atoms with van der Waals surface area (Å²) in [6, 6.07) is 15.3. The number of rotatable bonds is 2. The van der Waals surface area contributed by atoms with E-state index in [4.69, 9.17) is 0 Å². The number of ketones is 2. The zero-order valence-electron chi connectivity index (χ0n) is 16.8. The van der Waals surface area contributed by atoms with Crippen LogP contribution in [-0.4, -0.2) is 17.1 Å². The number of carbonyl (C=O) groups is 2. The summed E-state index contributed by atoms with van der Waals surface area (Å²) in [5.74, 6) is -0.0626. The van der Waals surface area contributed by atoms with Crippen LogP contribution in [0.3, 0.4) is 0 Å². The maximum atomic E-state index is 13.7. The fourth-order valence-corrected chi connectivity index (χ4v) is 4.42. The molecule has 0 saturated carbocycles. The van der Waals surface area contributed by atoms with E-state index in [1.807, 2.05) is 62.4 Å². The minimum absolute atomic E-state index is 0.0301. The number of hydrogen-bond donors (Lipinski definition) is 2. The van der Waals surface area contributed by atoms with E-state index in [0.29, 0.717) is 17.6 Å². The minimum atomic E-state index is -1.13. The van der Waals surface area contributed by atoms with Gasteiger partial charge in [0.05, 0.1) is 11.4 Å². The first-order valence-corrected chi connectivity index (χ1v) is 9.72. The van der Waals surface area contributed by atoms with Gasteiger partial charge in [0.15, 0.2) is 11.6 Å². The second kappa shape index (κ2) is 6.33. The Labute approximate surface area is 166 Å². The monoisotopic (exact) mass is 374 g/mol. The number of aryl methyl sites for hydroxylation is 1. The smallest absolute Gasteiger partial charge is 0.192 e. The van der Waals surface area contributed by atoms with Crippen LogP contribution in [-0.2, 0) is 4.79 Å². The van der Waals surface area contributed by atoms with E-state index in [1.54, 1.807) is 0 Å². The Hall–Kier alpha value is -2.88. The van der Waals surface area contributed by atoms with E-state index in [1.165, 1.54) is 0 Å². The lowest BCUT2D eigenvalue weighted by molar-refractivity contribution is -0.118. The van der Waals surface area contributed by atoms with E-state index in [0.717, 1.165) is 29.1 Å². The van der Waals surface area contributed by atoms with Crippen LogP contribution in [0.5, 0.6) is 0 Å². The summed E-state index contributed by atoms with van der Waals surface area (Å²) >= 11 is 0. The Morgan fingerprint density at radius 2 is 1.68 bits per heavy atom. The zero-order valence-corrected chi connectivity index (χ0v) is 16.8. The van der Waals surface area contributed by atoms with Crippen molar-refractivity contribution in [3.05, 3.63) is 70.9 Å². The van der Waals surface area contributed by atoms with E-state index in [-0.39, 0.29) is 17.0 Å². The molecular weight excluding hydrogens is 348 g/mol. The lowest BCUT2D eigenvalue weighted by Crippen LogP contribution is -2.49. The quantitative estimate of drug-likeness (QED) is 0.717. The SMILES string of the molecule is Cc1ccc2c(c1)NC(C)(C(=O)c1ccccc1)C1=C(CC(C)(C)CC1=O)N2. The minimum Gasteiger partial charge on any atom is -0.367 e. The number of Topliss-reactive ketones (excluding diaryl/α,β-unsaturated/α-hetero) is 2. The van der Waals surface area contributed by atoms with Crippen LogP contribution in [0.2, 0.25) is 0 Å². The maximum Gasteiger partial charge on any atom is 0.192 e. The number of carbonyl (C=O) groups excluding carboxylic acids is 2. The second-order valence-electron chi connectivity index (χ2n) is 8.91. The number of anilines is 2. The molecule has 2 N–H and O–H groups in total. The molecule has 1 aliphatic heterocycles. The standard InChI is InChI=1S/C24H26N2O2/c1-15-10-11-17-18(12-15)26-24(4,22(28)16-8-6-5-7-9-16)21-19(25-17)13-23(2,3)14-20(21)27/h5-12,25-26H,13-14H2,1-4H3. The second-order valence-corrected chi connectivity index (χ2v) is 8.91. The highest BCUT2D eigenvalue weighted by Crippen LogP contribution is 2.45. The van der Waals surface area contributed by atoms with Crippen LogP contribution in [0.1, 0.15) is 49.5 Å². The Morgan fingerprint density at radius 3 is 2.39 bits per heavy atom. The van der Waals surface area contributed by atoms with Crippen molar-refractivity contribution in [3.8, 4) is 0 Å². The molecule has 0 spiro atoms. The lowest BCUT2D eigenvalue weighted by Gasteiger charge is -2.38. The van der Waals surface area contributed by atoms with Gasteiger partial charge in [-0.3, -0.25) is 9.59 Å². The molecule has 0 saturated heterocycles. The highest BCUT2D eigenvalue weighted by molar-refractivity contribution is 6.16. The van der Waals surface area contributed by atoms with Gasteiger partial charge >= 0.3 is 0 Å². The Morgan fingerprint density at radius 1 is 0.964 bits per heavy atom. The molecular formula is C24H26N2O2. The van der Waals surface area contributed by atoms with Gasteiger partial charge in [0, 0.05) is 23.3 Å². The molecule has 1 atom stereocenters. The van der Waals surface area contributed by atoms with Gasteiger partial charge in [0.2, 0.25) is 0 Å². The lowest BCUT2D eigenvalue weighted by atomic mass is 9.69. The topological polar surface area (TPSA) is 58.2 Å². The van der Waals surface area contributed by atoms with E-state index >= 15 is 0 Å². The van der Waals surface area contributed by atoms with Gasteiger partial charge < -0.3 is 10.6 Å². The van der Waals surface area contributed by atoms with Gasteiger partial charge in [0.1, 0.15) is 5.54 Å². The predicted octanol–water partition coefficient (Wildman–Crippen LogP) is 5.12. The fourth-order valence-electron chi connectivity index (χ4n) is 4.42. The first-order chi connectivity index (χ1) is 13.2. The molecule has 144 valence electrons. The Kier molecular flexibility index (Phi) is 4.18. The van der Waals surface area contributed by atoms with Crippen LogP contribution in [0.15, 0.2) is 59.8 Å². The summed E-state index contributed by atoms with van der Waals surface area (Å²) in [5.41, 5.74) is 3.57. The summed E-state index contributed by atoms with van der Waals surface area (Å²) in [6.07, 6.45) is 1.16. The van der Waals surface area contributed by atoms with Crippen molar-refractivity contribution in [2.45, 2.75) is 46.1 Å². The third-order valence-electron chi connectivity index (χ3n) is 5.71. The third-order valence-corrected chi connectivity index (χ3v) is 5.71. The molecule has 1 heterocycles. The molecule has 0 aromatic heterocycles. The molecule has 0 amide bonds. The van der Waals surface area contributed by atoms with Gasteiger partial charge in [-0.1, -0.05) is 50.2 Å². The van der Waals surface area contributed by atoms with Crippen molar-refractivity contribution in [1.82, 2.24) is 0 Å². The van der Waals surface area contributed by atoms with Crippen LogP contribution >= 0.6 is 0 Å². The van der Waals surface area contributed by atoms with E-state index in [9.17, 15) is 9.59 Å². The molecule has 0 fully saturated rings. The average Bonchev–Trinajstić information content (AvgIpc) is 2.74. The van der Waals surface area contributed by atoms with Crippen molar-refractivity contribution in [2.24, 2.45) is 5.41 Å². The van der Waals surface area contributed by atoms with Gasteiger partial charge in [0.25, 0.3) is 0 Å². The van der Waals surface area contributed by atoms with Gasteiger partial charge in [-0.25, -0.2) is 0 Å². The van der Waals surface area contributed by atoms with Gasteiger partial charge in [-0.15, -0.1) is 0 Å². The van der Waals surface area contributed by atoms with Crippen molar-refractivity contribution in [2.75, 3.05) is 10.6 Å². The summed E-state index contributed by atoms with van der Waals surface area (Å²) in [5, 5.41) is 6.92. The van der Waals surface area contributed by atoms with Crippen molar-refractivity contribution < 1.29 is 9.59 Å². The molecule has 2 aromatic carbocycles. The predicted molar refractivity (Wildman–Crippen MR) is 113 cm³/mol. The molecule has 4 heteroatoms. The fraction of sp³-hybridized carbons (Fsp3) is 0.333. The normalized spacial score (nSPS) is 23.1. The highest BCUT2D eigenvalue weighted by Gasteiger charge is 2.48. The van der Waals surface area contributed by atoms with Crippen LogP contribution in [0, 0.1) is 12.3 Å². The summed E-state index contributed by atoms with van der Waals surface area (Å²) < 4.78 is 0. The van der Waals surface area contributed by atoms with Crippen molar-refractivity contribution in [1.29, 1.82) is 0 Å². The molecule has 4 nitrogen and oxygen atoms in total. The van der Waals surface area contributed by atoms with E-state index < -0.39 is 5.54 Å². The number of nitrogens with one attached hydrogen (secondary N) is 2. The number of fused-ring (bicyclic) bond motifs is 1. The number of allylic oxidation sites excluding steroid dienone is 1. The van der Waals surface area contributed by atoms with Crippen molar-refractivity contribution in [3.63, 3.8) is 0 Å². The first-order valence-electron chi connectivity index (χ1n) is 9.72. The Balaban J connectivity index is 1.93. The van der Waals surface area contributed by atoms with Crippen LogP contribution in [0.4, 0.5) is 11.4 Å². The maximum absolute atomic E-state index is 13.7. The summed E-state index contributed by atoms with van der Waals surface area (Å²) in [4.78, 5) is 26.9. The number of hydrogen-bond acceptors (Lipinski definition) is 4. The molecule has 1 unspecified atom stereocenters. The molecule has 1 aliphatic carbocycles. The van der Waals surface area contributed by atoms with Crippen LogP contribution in [0.25, 0.3) is 0 Å². The zero-order chi connectivity index (χ0) is 20.1. The molecule has 0 bridgehead atoms. The first kappa shape index (κ1) is 18.5. The molecule has 4 rings (SSSR count). The van der Waals surface area contributed by atoms with E-state index in [2.05, 4.69) is 24.5 Å². The molecule has 2 aromatic rings. The molecule has 2 aliphatic rings. The highest BCUT2D eigenvalue weighted by atomic mass is 16.1. The number of benzene rings is 2. The average molecular weight is 374 g/mol. The molecule has 28 heavy (non-hydrogen) atoms. The van der Waals surface area contributed by atoms with Crippen LogP contribution < -0.4 is 10.6 Å². The van der Waals surface area contributed by atoms with Gasteiger partial charge in [-0.2, -0.15) is 0 Å². The third kappa shape index (κ3) is 3.03. The van der Waals surface area contributed by atoms with Gasteiger partial charge in [-0.05, 0) is 43.4 Å².